The maximum Gasteiger partial charge on any atom is 0.0972 e. The van der Waals surface area contributed by atoms with Crippen molar-refractivity contribution in [3.8, 4) is 0 Å². The van der Waals surface area contributed by atoms with Crippen LogP contribution in [-0.2, 0) is 0 Å². The predicted octanol–water partition coefficient (Wildman–Crippen LogP) is 2.57. The van der Waals surface area contributed by atoms with Crippen molar-refractivity contribution in [3.05, 3.63) is 16.1 Å². The van der Waals surface area contributed by atoms with Crippen molar-refractivity contribution in [3.63, 3.8) is 0 Å². The van der Waals surface area contributed by atoms with Crippen LogP contribution in [0.15, 0.2) is 5.38 Å². The van der Waals surface area contributed by atoms with Gasteiger partial charge in [-0.3, -0.25) is 5.32 Å². The molecule has 2 rings (SSSR count). The summed E-state index contributed by atoms with van der Waals surface area (Å²) in [6, 6.07) is 0.633. The summed E-state index contributed by atoms with van der Waals surface area (Å²) in [5, 5.41) is 7.31. The number of aryl methyl sites for hydroxylation is 1. The van der Waals surface area contributed by atoms with Crippen LogP contribution in [0.25, 0.3) is 0 Å². The molecule has 4 heteroatoms. The fourth-order valence-electron chi connectivity index (χ4n) is 1.42. The third-order valence-corrected chi connectivity index (χ3v) is 4.15. The van der Waals surface area contributed by atoms with E-state index in [2.05, 4.69) is 29.5 Å². The van der Waals surface area contributed by atoms with Gasteiger partial charge < -0.3 is 0 Å². The molecule has 72 valence electrons. The number of nitrogens with one attached hydrogen (secondary N) is 1. The van der Waals surface area contributed by atoms with Crippen molar-refractivity contribution in [2.24, 2.45) is 0 Å². The van der Waals surface area contributed by atoms with E-state index in [1.165, 1.54) is 17.9 Å². The molecule has 0 bridgehead atoms. The van der Waals surface area contributed by atoms with Crippen LogP contribution < -0.4 is 5.32 Å². The van der Waals surface area contributed by atoms with Gasteiger partial charge in [0.25, 0.3) is 0 Å². The average molecular weight is 214 g/mol. The highest BCUT2D eigenvalue weighted by Gasteiger charge is 2.21. The molecule has 1 aromatic rings. The fourth-order valence-corrected chi connectivity index (χ4v) is 3.49. The first-order valence-corrected chi connectivity index (χ1v) is 6.48. The van der Waals surface area contributed by atoms with Crippen molar-refractivity contribution in [1.82, 2.24) is 10.3 Å². The molecule has 1 aliphatic rings. The lowest BCUT2D eigenvalue weighted by molar-refractivity contribution is 0.507. The Labute approximate surface area is 87.1 Å². The van der Waals surface area contributed by atoms with E-state index in [0.717, 1.165) is 5.01 Å². The molecule has 0 aromatic carbocycles. The van der Waals surface area contributed by atoms with Crippen molar-refractivity contribution in [1.29, 1.82) is 0 Å². The van der Waals surface area contributed by atoms with Crippen LogP contribution in [0.4, 0.5) is 0 Å². The Hall–Kier alpha value is -0.0600. The Morgan fingerprint density at radius 3 is 3.08 bits per heavy atom. The third-order valence-electron chi connectivity index (χ3n) is 2.18. The van der Waals surface area contributed by atoms with Gasteiger partial charge in [0, 0.05) is 11.4 Å². The van der Waals surface area contributed by atoms with Crippen LogP contribution in [-0.4, -0.2) is 16.8 Å². The summed E-state index contributed by atoms with van der Waals surface area (Å²) in [6.45, 7) is 4.30. The molecular weight excluding hydrogens is 200 g/mol. The van der Waals surface area contributed by atoms with Crippen molar-refractivity contribution in [2.75, 3.05) is 5.75 Å². The zero-order valence-corrected chi connectivity index (χ0v) is 9.54. The minimum absolute atomic E-state index is 0.425. The summed E-state index contributed by atoms with van der Waals surface area (Å²) in [5.41, 5.74) is 1.21. The first-order chi connectivity index (χ1) is 6.25. The van der Waals surface area contributed by atoms with Gasteiger partial charge >= 0.3 is 0 Å². The Morgan fingerprint density at radius 1 is 1.62 bits per heavy atom. The van der Waals surface area contributed by atoms with E-state index in [9.17, 15) is 0 Å². The minimum Gasteiger partial charge on any atom is -0.298 e. The second-order valence-electron chi connectivity index (χ2n) is 3.40. The summed E-state index contributed by atoms with van der Waals surface area (Å²) in [7, 11) is 0. The number of aromatic nitrogens is 1. The van der Waals surface area contributed by atoms with E-state index < -0.39 is 0 Å². The number of hydrogen-bond acceptors (Lipinski definition) is 4. The molecule has 0 spiro atoms. The molecule has 1 fully saturated rings. The monoisotopic (exact) mass is 214 g/mol. The predicted molar refractivity (Wildman–Crippen MR) is 59.3 cm³/mol. The van der Waals surface area contributed by atoms with Gasteiger partial charge in [-0.1, -0.05) is 0 Å². The Bertz CT molecular complexity index is 285. The smallest absolute Gasteiger partial charge is 0.0972 e. The van der Waals surface area contributed by atoms with E-state index in [1.54, 1.807) is 11.3 Å². The number of rotatable bonds is 1. The quantitative estimate of drug-likeness (QED) is 0.777. The highest BCUT2D eigenvalue weighted by atomic mass is 32.2. The number of nitrogens with zero attached hydrogens (tertiary/aromatic N) is 1. The van der Waals surface area contributed by atoms with Gasteiger partial charge in [0.15, 0.2) is 0 Å². The van der Waals surface area contributed by atoms with Gasteiger partial charge in [0.2, 0.25) is 0 Å². The first-order valence-electron chi connectivity index (χ1n) is 4.55. The van der Waals surface area contributed by atoms with E-state index in [0.29, 0.717) is 11.4 Å². The molecule has 2 nitrogen and oxygen atoms in total. The highest BCUT2D eigenvalue weighted by Crippen LogP contribution is 2.31. The van der Waals surface area contributed by atoms with Crippen LogP contribution in [0.1, 0.15) is 29.4 Å². The third kappa shape index (κ3) is 2.24. The Kier molecular flexibility index (Phi) is 2.91. The van der Waals surface area contributed by atoms with E-state index in [-0.39, 0.29) is 0 Å². The molecule has 0 saturated carbocycles. The lowest BCUT2D eigenvalue weighted by Gasteiger charge is -2.26. The topological polar surface area (TPSA) is 24.9 Å². The second kappa shape index (κ2) is 3.98. The molecule has 1 aromatic heterocycles. The van der Waals surface area contributed by atoms with Gasteiger partial charge in [-0.2, -0.15) is 0 Å². The van der Waals surface area contributed by atoms with Gasteiger partial charge in [0.1, 0.15) is 0 Å². The van der Waals surface area contributed by atoms with E-state index in [1.807, 2.05) is 11.8 Å². The summed E-state index contributed by atoms with van der Waals surface area (Å²) in [5.74, 6) is 1.25. The van der Waals surface area contributed by atoms with Crippen molar-refractivity contribution < 1.29 is 0 Å². The highest BCUT2D eigenvalue weighted by molar-refractivity contribution is 7.99. The van der Waals surface area contributed by atoms with Gasteiger partial charge in [-0.05, 0) is 26.0 Å². The Morgan fingerprint density at radius 2 is 2.46 bits per heavy atom. The fraction of sp³-hybridized carbons (Fsp3) is 0.667. The van der Waals surface area contributed by atoms with E-state index in [4.69, 9.17) is 0 Å². The molecule has 0 amide bonds. The van der Waals surface area contributed by atoms with Crippen molar-refractivity contribution in [2.45, 2.75) is 31.7 Å². The lowest BCUT2D eigenvalue weighted by atomic mass is 10.2. The maximum absolute atomic E-state index is 4.50. The van der Waals surface area contributed by atoms with Gasteiger partial charge in [0.05, 0.1) is 16.1 Å². The van der Waals surface area contributed by atoms with Gasteiger partial charge in [-0.15, -0.1) is 23.1 Å². The normalized spacial score (nSPS) is 29.1. The maximum atomic E-state index is 4.50. The molecule has 0 radical (unpaired) electrons. The van der Waals surface area contributed by atoms with Gasteiger partial charge in [-0.25, -0.2) is 4.98 Å². The lowest BCUT2D eigenvalue weighted by Crippen LogP contribution is -2.33. The molecular formula is C9H14N2S2. The van der Waals surface area contributed by atoms with E-state index >= 15 is 0 Å². The SMILES string of the molecule is Cc1nc(C2NC(C)CCS2)cs1. The summed E-state index contributed by atoms with van der Waals surface area (Å²) in [6.07, 6.45) is 1.27. The number of hydrogen-bond donors (Lipinski definition) is 1. The molecule has 2 heterocycles. The summed E-state index contributed by atoms with van der Waals surface area (Å²) < 4.78 is 0. The molecule has 2 atom stereocenters. The molecule has 13 heavy (non-hydrogen) atoms. The molecule has 1 N–H and O–H groups in total. The van der Waals surface area contributed by atoms with Crippen LogP contribution in [0, 0.1) is 6.92 Å². The zero-order valence-electron chi connectivity index (χ0n) is 7.91. The molecule has 1 saturated heterocycles. The number of thioether (sulfide) groups is 1. The number of thiazole rings is 1. The second-order valence-corrected chi connectivity index (χ2v) is 5.67. The van der Waals surface area contributed by atoms with Crippen LogP contribution in [0.3, 0.4) is 0 Å². The van der Waals surface area contributed by atoms with Crippen molar-refractivity contribution >= 4 is 23.1 Å². The summed E-state index contributed by atoms with van der Waals surface area (Å²) >= 11 is 3.70. The molecule has 1 aliphatic heterocycles. The zero-order chi connectivity index (χ0) is 9.26. The van der Waals surface area contributed by atoms with Crippen LogP contribution >= 0.6 is 23.1 Å². The largest absolute Gasteiger partial charge is 0.298 e. The minimum atomic E-state index is 0.425. The standard InChI is InChI=1S/C9H14N2S2/c1-6-3-4-12-9(10-6)8-5-13-7(2)11-8/h5-6,9-10H,3-4H2,1-2H3. The molecule has 2 unspecified atom stereocenters. The van der Waals surface area contributed by atoms with Crippen LogP contribution in [0.5, 0.6) is 0 Å². The average Bonchev–Trinajstić information content (AvgIpc) is 2.52. The Balaban J connectivity index is 2.08. The molecule has 0 aliphatic carbocycles. The van der Waals surface area contributed by atoms with Crippen LogP contribution in [0.2, 0.25) is 0 Å². The first kappa shape index (κ1) is 9.49. The summed E-state index contributed by atoms with van der Waals surface area (Å²) in [4.78, 5) is 4.50.